The monoisotopic (exact) mass is 378 g/mol. The molecule has 0 atom stereocenters. The normalized spacial score (nSPS) is 10.8. The molecule has 0 fully saturated rings. The predicted octanol–water partition coefficient (Wildman–Crippen LogP) is 3.45. The Morgan fingerprint density at radius 2 is 1.38 bits per heavy atom. The first kappa shape index (κ1) is 16.8. The molecule has 0 aliphatic carbocycles. The second-order valence-corrected chi connectivity index (χ2v) is 6.11. The summed E-state index contributed by atoms with van der Waals surface area (Å²) >= 11 is 0. The Kier molecular flexibility index (Phi) is 4.26. The van der Waals surface area contributed by atoms with Crippen molar-refractivity contribution in [2.75, 3.05) is 0 Å². The van der Waals surface area contributed by atoms with E-state index in [0.717, 1.165) is 28.2 Å². The van der Waals surface area contributed by atoms with Crippen LogP contribution in [0.15, 0.2) is 79.8 Å². The lowest BCUT2D eigenvalue weighted by atomic mass is 10.0. The quantitative estimate of drug-likeness (QED) is 0.510. The molecule has 0 saturated carbocycles. The van der Waals surface area contributed by atoms with Gasteiger partial charge < -0.3 is 4.98 Å². The molecule has 5 aromatic rings. The minimum atomic E-state index is 0.556. The highest BCUT2D eigenvalue weighted by atomic mass is 15.1. The van der Waals surface area contributed by atoms with Crippen LogP contribution in [0.3, 0.4) is 0 Å². The second kappa shape index (κ2) is 7.35. The molecule has 1 N–H and O–H groups in total. The van der Waals surface area contributed by atoms with E-state index in [1.54, 1.807) is 49.4 Å². The van der Waals surface area contributed by atoms with Crippen LogP contribution in [0.2, 0.25) is 0 Å². The summed E-state index contributed by atoms with van der Waals surface area (Å²) in [5.41, 5.74) is 5.22. The zero-order valence-electron chi connectivity index (χ0n) is 15.1. The molecular weight excluding hydrogens is 364 g/mol. The van der Waals surface area contributed by atoms with Crippen molar-refractivity contribution in [3.05, 3.63) is 79.8 Å². The first-order chi connectivity index (χ1) is 14.4. The van der Waals surface area contributed by atoms with Gasteiger partial charge in [0.25, 0.3) is 0 Å². The van der Waals surface area contributed by atoms with Gasteiger partial charge in [0.05, 0.1) is 34.5 Å². The minimum Gasteiger partial charge on any atom is -0.351 e. The van der Waals surface area contributed by atoms with E-state index in [-0.39, 0.29) is 0 Å². The zero-order valence-corrected chi connectivity index (χ0v) is 15.1. The molecule has 0 saturated heterocycles. The summed E-state index contributed by atoms with van der Waals surface area (Å²) in [6.07, 6.45) is 11.8. The highest BCUT2D eigenvalue weighted by Gasteiger charge is 2.26. The van der Waals surface area contributed by atoms with Gasteiger partial charge in [0, 0.05) is 42.7 Å². The number of H-pyrrole nitrogens is 1. The average molecular weight is 378 g/mol. The predicted molar refractivity (Wildman–Crippen MR) is 107 cm³/mol. The van der Waals surface area contributed by atoms with Crippen LogP contribution in [-0.2, 0) is 0 Å². The van der Waals surface area contributed by atoms with Gasteiger partial charge in [-0.3, -0.25) is 15.0 Å². The smallest absolute Gasteiger partial charge is 0.162 e. The van der Waals surface area contributed by atoms with Crippen LogP contribution >= 0.6 is 0 Å². The third-order valence-corrected chi connectivity index (χ3v) is 4.36. The van der Waals surface area contributed by atoms with Crippen molar-refractivity contribution < 1.29 is 0 Å². The standard InChI is InChI=1S/C21H14N8/c1-2-7-23-15(5-1)19-18(21-25-8-4-9-26-21)17(14-6-3-10-27-29-14)20(28-19)16-13-22-11-12-24-16/h1-13,28H. The molecule has 138 valence electrons. The second-order valence-electron chi connectivity index (χ2n) is 6.11. The van der Waals surface area contributed by atoms with E-state index in [1.165, 1.54) is 0 Å². The Labute approximate surface area is 165 Å². The van der Waals surface area contributed by atoms with Gasteiger partial charge in [0.2, 0.25) is 0 Å². The number of pyridine rings is 1. The maximum Gasteiger partial charge on any atom is 0.162 e. The Morgan fingerprint density at radius 3 is 2.10 bits per heavy atom. The summed E-state index contributed by atoms with van der Waals surface area (Å²) in [6.45, 7) is 0. The number of hydrogen-bond donors (Lipinski definition) is 1. The van der Waals surface area contributed by atoms with E-state index in [1.807, 2.05) is 30.3 Å². The molecule has 5 heterocycles. The highest BCUT2D eigenvalue weighted by Crippen LogP contribution is 2.43. The molecule has 0 unspecified atom stereocenters. The van der Waals surface area contributed by atoms with Crippen molar-refractivity contribution in [3.8, 4) is 45.4 Å². The van der Waals surface area contributed by atoms with Crippen LogP contribution < -0.4 is 0 Å². The lowest BCUT2D eigenvalue weighted by Crippen LogP contribution is -1.94. The molecule has 8 heteroatoms. The number of nitrogens with one attached hydrogen (secondary N) is 1. The molecule has 0 radical (unpaired) electrons. The van der Waals surface area contributed by atoms with Gasteiger partial charge in [0.15, 0.2) is 5.82 Å². The third kappa shape index (κ3) is 3.12. The maximum atomic E-state index is 4.52. The van der Waals surface area contributed by atoms with Crippen LogP contribution in [-0.4, -0.2) is 40.1 Å². The number of aromatic amines is 1. The van der Waals surface area contributed by atoms with E-state index in [2.05, 4.69) is 40.1 Å². The molecule has 5 aromatic heterocycles. The van der Waals surface area contributed by atoms with Gasteiger partial charge in [-0.1, -0.05) is 6.07 Å². The first-order valence-electron chi connectivity index (χ1n) is 8.91. The third-order valence-electron chi connectivity index (χ3n) is 4.36. The van der Waals surface area contributed by atoms with Crippen molar-refractivity contribution in [1.82, 2.24) is 40.1 Å². The number of rotatable bonds is 4. The topological polar surface area (TPSA) is 106 Å². The van der Waals surface area contributed by atoms with E-state index < -0.39 is 0 Å². The van der Waals surface area contributed by atoms with Crippen molar-refractivity contribution >= 4 is 0 Å². The van der Waals surface area contributed by atoms with Crippen LogP contribution in [0.1, 0.15) is 0 Å². The van der Waals surface area contributed by atoms with E-state index in [0.29, 0.717) is 17.2 Å². The van der Waals surface area contributed by atoms with Crippen LogP contribution in [0.5, 0.6) is 0 Å². The van der Waals surface area contributed by atoms with Crippen molar-refractivity contribution in [1.29, 1.82) is 0 Å². The van der Waals surface area contributed by atoms with Crippen molar-refractivity contribution in [2.24, 2.45) is 0 Å². The van der Waals surface area contributed by atoms with Gasteiger partial charge in [-0.25, -0.2) is 9.97 Å². The van der Waals surface area contributed by atoms with Crippen LogP contribution in [0, 0.1) is 0 Å². The van der Waals surface area contributed by atoms with Gasteiger partial charge >= 0.3 is 0 Å². The first-order valence-corrected chi connectivity index (χ1v) is 8.91. The SMILES string of the molecule is c1ccc(-c2[nH]c(-c3cnccn3)c(-c3cccnn3)c2-c2ncccn2)nc1. The fourth-order valence-corrected chi connectivity index (χ4v) is 3.17. The molecule has 0 spiro atoms. The Balaban J connectivity index is 1.89. The zero-order chi connectivity index (χ0) is 19.5. The molecule has 0 aliphatic heterocycles. The molecule has 0 aliphatic rings. The molecule has 5 rings (SSSR count). The van der Waals surface area contributed by atoms with Crippen LogP contribution in [0.4, 0.5) is 0 Å². The summed E-state index contributed by atoms with van der Waals surface area (Å²) in [5, 5.41) is 8.39. The summed E-state index contributed by atoms with van der Waals surface area (Å²) in [7, 11) is 0. The van der Waals surface area contributed by atoms with Gasteiger partial charge in [-0.15, -0.1) is 0 Å². The minimum absolute atomic E-state index is 0.556. The Hall–Kier alpha value is -4.33. The molecule has 0 bridgehead atoms. The van der Waals surface area contributed by atoms with Gasteiger partial charge in [0.1, 0.15) is 5.69 Å². The molecule has 0 aromatic carbocycles. The lowest BCUT2D eigenvalue weighted by Gasteiger charge is -2.06. The molecule has 8 nitrogen and oxygen atoms in total. The molecule has 0 amide bonds. The van der Waals surface area contributed by atoms with Gasteiger partial charge in [-0.2, -0.15) is 10.2 Å². The number of aromatic nitrogens is 8. The fourth-order valence-electron chi connectivity index (χ4n) is 3.17. The maximum absolute atomic E-state index is 4.52. The summed E-state index contributed by atoms with van der Waals surface area (Å²) in [4.78, 5) is 25.6. The highest BCUT2D eigenvalue weighted by molar-refractivity contribution is 5.97. The summed E-state index contributed by atoms with van der Waals surface area (Å²) in [6, 6.07) is 11.2. The van der Waals surface area contributed by atoms with E-state index >= 15 is 0 Å². The van der Waals surface area contributed by atoms with Crippen molar-refractivity contribution in [3.63, 3.8) is 0 Å². The Morgan fingerprint density at radius 1 is 0.586 bits per heavy atom. The summed E-state index contributed by atoms with van der Waals surface area (Å²) < 4.78 is 0. The number of nitrogens with zero attached hydrogens (tertiary/aromatic N) is 7. The lowest BCUT2D eigenvalue weighted by molar-refractivity contribution is 1.04. The average Bonchev–Trinajstić information content (AvgIpc) is 3.22. The van der Waals surface area contributed by atoms with E-state index in [4.69, 9.17) is 0 Å². The number of hydrogen-bond acceptors (Lipinski definition) is 7. The largest absolute Gasteiger partial charge is 0.351 e. The summed E-state index contributed by atoms with van der Waals surface area (Å²) in [5.74, 6) is 0.556. The molecule has 29 heavy (non-hydrogen) atoms. The molecular formula is C21H14N8. The van der Waals surface area contributed by atoms with Gasteiger partial charge in [-0.05, 0) is 30.3 Å². The Bertz CT molecular complexity index is 1130. The van der Waals surface area contributed by atoms with E-state index in [9.17, 15) is 0 Å². The van der Waals surface area contributed by atoms with Crippen LogP contribution in [0.25, 0.3) is 45.4 Å². The van der Waals surface area contributed by atoms with Crippen molar-refractivity contribution in [2.45, 2.75) is 0 Å². The fraction of sp³-hybridized carbons (Fsp3) is 0.